The molecule has 0 aromatic heterocycles. The van der Waals surface area contributed by atoms with Crippen LogP contribution in [0.5, 0.6) is 0 Å². The molecule has 4 heteroatoms. The van der Waals surface area contributed by atoms with Crippen molar-refractivity contribution in [1.82, 2.24) is 10.2 Å². The van der Waals surface area contributed by atoms with Crippen molar-refractivity contribution in [3.05, 3.63) is 34.6 Å². The summed E-state index contributed by atoms with van der Waals surface area (Å²) >= 11 is 6.22. The Morgan fingerprint density at radius 1 is 1.38 bits per heavy atom. The largest absolute Gasteiger partial charge is 0.312 e. The van der Waals surface area contributed by atoms with E-state index >= 15 is 0 Å². The fraction of sp³-hybridized carbons (Fsp3) is 0.647. The van der Waals surface area contributed by atoms with Crippen LogP contribution in [-0.2, 0) is 6.54 Å². The third-order valence-corrected chi connectivity index (χ3v) is 4.79. The Morgan fingerprint density at radius 2 is 2.10 bits per heavy atom. The molecule has 118 valence electrons. The lowest BCUT2D eigenvalue weighted by Gasteiger charge is -2.35. The van der Waals surface area contributed by atoms with Gasteiger partial charge in [0.05, 0.1) is 0 Å². The lowest BCUT2D eigenvalue weighted by atomic mass is 9.86. The van der Waals surface area contributed by atoms with Gasteiger partial charge >= 0.3 is 0 Å². The second-order valence-electron chi connectivity index (χ2n) is 7.18. The van der Waals surface area contributed by atoms with Crippen LogP contribution in [0.4, 0.5) is 4.39 Å². The third kappa shape index (κ3) is 4.41. The average molecular weight is 313 g/mol. The molecule has 0 amide bonds. The quantitative estimate of drug-likeness (QED) is 0.885. The zero-order valence-electron chi connectivity index (χ0n) is 13.4. The van der Waals surface area contributed by atoms with E-state index in [-0.39, 0.29) is 11.2 Å². The highest BCUT2D eigenvalue weighted by Crippen LogP contribution is 2.26. The maximum atomic E-state index is 13.5. The molecule has 2 nitrogen and oxygen atoms in total. The van der Waals surface area contributed by atoms with Gasteiger partial charge in [0, 0.05) is 30.2 Å². The van der Waals surface area contributed by atoms with Crippen LogP contribution < -0.4 is 5.32 Å². The summed E-state index contributed by atoms with van der Waals surface area (Å²) in [5.41, 5.74) is 1.08. The van der Waals surface area contributed by atoms with Crippen LogP contribution in [0.3, 0.4) is 0 Å². The number of hydrogen-bond donors (Lipinski definition) is 1. The van der Waals surface area contributed by atoms with Crippen LogP contribution in [0.1, 0.15) is 39.7 Å². The maximum absolute atomic E-state index is 13.5. The molecule has 0 radical (unpaired) electrons. The minimum atomic E-state index is -0.220. The van der Waals surface area contributed by atoms with E-state index in [0.717, 1.165) is 25.1 Å². The van der Waals surface area contributed by atoms with Crippen LogP contribution in [0.2, 0.25) is 5.02 Å². The third-order valence-electron chi connectivity index (χ3n) is 4.42. The van der Waals surface area contributed by atoms with Crippen LogP contribution in [0, 0.1) is 11.2 Å². The molecule has 0 aliphatic carbocycles. The number of halogens is 2. The number of nitrogens with one attached hydrogen (secondary N) is 1. The summed E-state index contributed by atoms with van der Waals surface area (Å²) < 4.78 is 13.5. The molecular weight excluding hydrogens is 287 g/mol. The van der Waals surface area contributed by atoms with Crippen molar-refractivity contribution in [2.24, 2.45) is 5.41 Å². The Hall–Kier alpha value is -0.640. The van der Waals surface area contributed by atoms with Gasteiger partial charge in [0.15, 0.2) is 0 Å². The van der Waals surface area contributed by atoms with Crippen molar-refractivity contribution in [2.75, 3.05) is 13.1 Å². The molecule has 1 fully saturated rings. The lowest BCUT2D eigenvalue weighted by Crippen LogP contribution is -2.47. The van der Waals surface area contributed by atoms with Crippen molar-refractivity contribution in [3.63, 3.8) is 0 Å². The fourth-order valence-corrected chi connectivity index (χ4v) is 2.99. The molecule has 2 atom stereocenters. The second kappa shape index (κ2) is 6.64. The van der Waals surface area contributed by atoms with E-state index in [1.54, 1.807) is 12.1 Å². The first-order valence-corrected chi connectivity index (χ1v) is 8.06. The number of nitrogens with zero attached hydrogens (tertiary/aromatic N) is 1. The van der Waals surface area contributed by atoms with Gasteiger partial charge in [0.1, 0.15) is 5.82 Å². The minimum Gasteiger partial charge on any atom is -0.312 e. The summed E-state index contributed by atoms with van der Waals surface area (Å²) in [6.07, 6.45) is 1.10. The predicted molar refractivity (Wildman–Crippen MR) is 87.1 cm³/mol. The van der Waals surface area contributed by atoms with Crippen LogP contribution in [0.15, 0.2) is 18.2 Å². The van der Waals surface area contributed by atoms with Crippen LogP contribution >= 0.6 is 11.6 Å². The first-order chi connectivity index (χ1) is 9.77. The van der Waals surface area contributed by atoms with Crippen molar-refractivity contribution in [1.29, 1.82) is 0 Å². The monoisotopic (exact) mass is 312 g/mol. The highest BCUT2D eigenvalue weighted by molar-refractivity contribution is 6.31. The molecular formula is C17H26ClFN2. The molecule has 1 N–H and O–H groups in total. The van der Waals surface area contributed by atoms with Crippen molar-refractivity contribution >= 4 is 11.6 Å². The average Bonchev–Trinajstić information content (AvgIpc) is 2.56. The summed E-state index contributed by atoms with van der Waals surface area (Å²) in [6, 6.07) is 5.50. The molecule has 1 aromatic carbocycles. The molecule has 21 heavy (non-hydrogen) atoms. The second-order valence-corrected chi connectivity index (χ2v) is 7.58. The van der Waals surface area contributed by atoms with Crippen molar-refractivity contribution in [2.45, 2.75) is 52.7 Å². The smallest absolute Gasteiger partial charge is 0.123 e. The van der Waals surface area contributed by atoms with Crippen molar-refractivity contribution < 1.29 is 4.39 Å². The Morgan fingerprint density at radius 3 is 2.76 bits per heavy atom. The minimum absolute atomic E-state index is 0.202. The molecule has 0 saturated carbocycles. The van der Waals surface area contributed by atoms with Gasteiger partial charge in [0.25, 0.3) is 0 Å². The Bertz CT molecular complexity index is 484. The highest BCUT2D eigenvalue weighted by atomic mass is 35.5. The van der Waals surface area contributed by atoms with E-state index < -0.39 is 0 Å². The van der Waals surface area contributed by atoms with Gasteiger partial charge in [-0.15, -0.1) is 0 Å². The zero-order valence-corrected chi connectivity index (χ0v) is 14.2. The topological polar surface area (TPSA) is 15.3 Å². The molecule has 1 aliphatic rings. The van der Waals surface area contributed by atoms with E-state index in [9.17, 15) is 4.39 Å². The summed E-state index contributed by atoms with van der Waals surface area (Å²) in [4.78, 5) is 2.41. The molecule has 0 bridgehead atoms. The first-order valence-electron chi connectivity index (χ1n) is 7.68. The first kappa shape index (κ1) is 16.7. The van der Waals surface area contributed by atoms with Crippen LogP contribution in [0.25, 0.3) is 0 Å². The zero-order chi connectivity index (χ0) is 15.6. The van der Waals surface area contributed by atoms with Gasteiger partial charge in [-0.25, -0.2) is 4.39 Å². The van der Waals surface area contributed by atoms with E-state index in [4.69, 9.17) is 11.6 Å². The summed E-state index contributed by atoms with van der Waals surface area (Å²) in [5.74, 6) is -0.220. The molecule has 2 unspecified atom stereocenters. The SMILES string of the molecule is CC1CCNC(C(C)(C)C)CN1Cc1cc(F)ccc1Cl. The summed E-state index contributed by atoms with van der Waals surface area (Å²) in [5, 5.41) is 4.29. The van der Waals surface area contributed by atoms with Gasteiger partial charge < -0.3 is 5.32 Å². The van der Waals surface area contributed by atoms with Gasteiger partial charge in [-0.3, -0.25) is 4.90 Å². The van der Waals surface area contributed by atoms with E-state index in [1.807, 2.05) is 0 Å². The Kier molecular flexibility index (Phi) is 5.29. The highest BCUT2D eigenvalue weighted by Gasteiger charge is 2.30. The molecule has 1 heterocycles. The standard InChI is InChI=1S/C17H26ClFN2/c1-12-7-8-20-16(17(2,3)4)11-21(12)10-13-9-14(19)5-6-15(13)18/h5-6,9,12,16,20H,7-8,10-11H2,1-4H3. The van der Waals surface area contributed by atoms with Gasteiger partial charge in [-0.1, -0.05) is 32.4 Å². The number of rotatable bonds is 2. The van der Waals surface area contributed by atoms with Gasteiger partial charge in [-0.05, 0) is 49.1 Å². The number of benzene rings is 1. The van der Waals surface area contributed by atoms with Gasteiger partial charge in [0.2, 0.25) is 0 Å². The van der Waals surface area contributed by atoms with Gasteiger partial charge in [-0.2, -0.15) is 0 Å². The fourth-order valence-electron chi connectivity index (χ4n) is 2.81. The molecule has 2 rings (SSSR count). The van der Waals surface area contributed by atoms with E-state index in [0.29, 0.717) is 23.7 Å². The maximum Gasteiger partial charge on any atom is 0.123 e. The summed E-state index contributed by atoms with van der Waals surface area (Å²) in [6.45, 7) is 11.7. The molecule has 0 spiro atoms. The summed E-state index contributed by atoms with van der Waals surface area (Å²) in [7, 11) is 0. The molecule has 1 aromatic rings. The van der Waals surface area contributed by atoms with E-state index in [2.05, 4.69) is 37.9 Å². The number of hydrogen-bond acceptors (Lipinski definition) is 2. The van der Waals surface area contributed by atoms with Crippen LogP contribution in [-0.4, -0.2) is 30.1 Å². The Balaban J connectivity index is 2.17. The molecule has 1 saturated heterocycles. The molecule has 1 aliphatic heterocycles. The Labute approximate surface area is 132 Å². The lowest BCUT2D eigenvalue weighted by molar-refractivity contribution is 0.157. The van der Waals surface area contributed by atoms with Crippen molar-refractivity contribution in [3.8, 4) is 0 Å². The van der Waals surface area contributed by atoms with E-state index in [1.165, 1.54) is 6.07 Å². The normalized spacial score (nSPS) is 24.9. The predicted octanol–water partition coefficient (Wildman–Crippen LogP) is 4.08.